The molecule has 2 heterocycles. The van der Waals surface area contributed by atoms with E-state index in [0.717, 1.165) is 16.3 Å². The SMILES string of the molecule is CCN(CC)C(=O)C1=C(C)N=c2s/c(=C/c3cc(I)c(O)c(OC)c3)c(=O)n2[C@H]1c1c(OC)ccc2ccccc12. The highest BCUT2D eigenvalue weighted by Crippen LogP contribution is 2.40. The summed E-state index contributed by atoms with van der Waals surface area (Å²) in [7, 11) is 3.08. The highest BCUT2D eigenvalue weighted by Gasteiger charge is 2.36. The predicted octanol–water partition coefficient (Wildman–Crippen LogP) is 4.58. The number of fused-ring (bicyclic) bond motifs is 2. The van der Waals surface area contributed by atoms with Gasteiger partial charge in [0.05, 0.1) is 33.6 Å². The molecule has 0 saturated heterocycles. The summed E-state index contributed by atoms with van der Waals surface area (Å²) in [6.45, 7) is 6.75. The number of hydrogen-bond acceptors (Lipinski definition) is 7. The molecule has 0 saturated carbocycles. The zero-order valence-corrected chi connectivity index (χ0v) is 26.4. The van der Waals surface area contributed by atoms with Gasteiger partial charge in [-0.15, -0.1) is 0 Å². The van der Waals surface area contributed by atoms with Crippen LogP contribution in [0.2, 0.25) is 0 Å². The van der Waals surface area contributed by atoms with Crippen molar-refractivity contribution in [3.05, 3.63) is 94.2 Å². The molecule has 1 aromatic heterocycles. The average molecular weight is 684 g/mol. The van der Waals surface area contributed by atoms with E-state index in [9.17, 15) is 14.7 Å². The van der Waals surface area contributed by atoms with Crippen molar-refractivity contribution >= 4 is 56.7 Å². The molecule has 1 atom stereocenters. The van der Waals surface area contributed by atoms with Crippen molar-refractivity contribution in [3.63, 3.8) is 0 Å². The number of aromatic nitrogens is 1. The number of carbonyl (C=O) groups excluding carboxylic acids is 1. The van der Waals surface area contributed by atoms with Crippen LogP contribution >= 0.6 is 33.9 Å². The number of phenols is 1. The lowest BCUT2D eigenvalue weighted by Crippen LogP contribution is -2.43. The van der Waals surface area contributed by atoms with Crippen molar-refractivity contribution in [1.82, 2.24) is 9.47 Å². The van der Waals surface area contributed by atoms with Crippen LogP contribution in [0.25, 0.3) is 16.8 Å². The smallest absolute Gasteiger partial charge is 0.271 e. The van der Waals surface area contributed by atoms with Crippen molar-refractivity contribution in [2.45, 2.75) is 26.8 Å². The van der Waals surface area contributed by atoms with Gasteiger partial charge in [-0.3, -0.25) is 14.2 Å². The third-order valence-electron chi connectivity index (χ3n) is 7.30. The van der Waals surface area contributed by atoms with Gasteiger partial charge >= 0.3 is 0 Å². The van der Waals surface area contributed by atoms with Crippen molar-refractivity contribution in [1.29, 1.82) is 0 Å². The number of rotatable bonds is 7. The molecule has 0 fully saturated rings. The quantitative estimate of drug-likeness (QED) is 0.288. The Morgan fingerprint density at radius 1 is 1.12 bits per heavy atom. The molecular formula is C31H30IN3O5S. The minimum Gasteiger partial charge on any atom is -0.504 e. The third kappa shape index (κ3) is 5.03. The van der Waals surface area contributed by atoms with Gasteiger partial charge in [-0.1, -0.05) is 41.7 Å². The monoisotopic (exact) mass is 683 g/mol. The molecule has 4 aromatic rings. The Hall–Kier alpha value is -3.64. The second kappa shape index (κ2) is 11.7. The lowest BCUT2D eigenvalue weighted by molar-refractivity contribution is -0.127. The van der Waals surface area contributed by atoms with E-state index in [1.54, 1.807) is 34.8 Å². The highest BCUT2D eigenvalue weighted by molar-refractivity contribution is 14.1. The topological polar surface area (TPSA) is 93.4 Å². The van der Waals surface area contributed by atoms with Gasteiger partial charge in [-0.05, 0) is 84.0 Å². The van der Waals surface area contributed by atoms with E-state index in [2.05, 4.69) is 0 Å². The summed E-state index contributed by atoms with van der Waals surface area (Å²) >= 11 is 3.29. The number of benzene rings is 3. The summed E-state index contributed by atoms with van der Waals surface area (Å²) in [6.07, 6.45) is 1.76. The summed E-state index contributed by atoms with van der Waals surface area (Å²) in [5.74, 6) is 0.783. The van der Waals surface area contributed by atoms with E-state index < -0.39 is 6.04 Å². The molecular weight excluding hydrogens is 653 g/mol. The molecule has 5 rings (SSSR count). The number of methoxy groups -OCH3 is 2. The van der Waals surface area contributed by atoms with Gasteiger partial charge in [-0.2, -0.15) is 0 Å². The Kier molecular flexibility index (Phi) is 8.23. The molecule has 1 aliphatic rings. The van der Waals surface area contributed by atoms with E-state index in [0.29, 0.717) is 54.3 Å². The first-order valence-electron chi connectivity index (χ1n) is 13.2. The van der Waals surface area contributed by atoms with E-state index in [1.165, 1.54) is 18.4 Å². The number of aromatic hydroxyl groups is 1. The summed E-state index contributed by atoms with van der Waals surface area (Å²) in [5.41, 5.74) is 2.18. The Bertz CT molecular complexity index is 1890. The van der Waals surface area contributed by atoms with Crippen molar-refractivity contribution in [2.24, 2.45) is 4.99 Å². The predicted molar refractivity (Wildman–Crippen MR) is 170 cm³/mol. The minimum absolute atomic E-state index is 0.0462. The number of thiazole rings is 1. The Morgan fingerprint density at radius 2 is 1.83 bits per heavy atom. The summed E-state index contributed by atoms with van der Waals surface area (Å²) in [4.78, 5) is 35.3. The van der Waals surface area contributed by atoms with Crippen LogP contribution in [0.1, 0.15) is 37.9 Å². The van der Waals surface area contributed by atoms with Gasteiger partial charge in [0, 0.05) is 18.7 Å². The highest BCUT2D eigenvalue weighted by atomic mass is 127. The number of ether oxygens (including phenoxy) is 2. The van der Waals surface area contributed by atoms with E-state index in [4.69, 9.17) is 14.5 Å². The molecule has 0 bridgehead atoms. The van der Waals surface area contributed by atoms with Crippen LogP contribution in [-0.2, 0) is 4.79 Å². The van der Waals surface area contributed by atoms with Crippen LogP contribution in [-0.4, -0.2) is 47.8 Å². The Labute approximate surface area is 255 Å². The van der Waals surface area contributed by atoms with E-state index >= 15 is 0 Å². The zero-order chi connectivity index (χ0) is 29.4. The van der Waals surface area contributed by atoms with Crippen LogP contribution < -0.4 is 24.4 Å². The molecule has 8 nitrogen and oxygen atoms in total. The molecule has 10 heteroatoms. The van der Waals surface area contributed by atoms with Crippen LogP contribution in [0.15, 0.2) is 69.6 Å². The van der Waals surface area contributed by atoms with Gasteiger partial charge in [0.15, 0.2) is 16.3 Å². The third-order valence-corrected chi connectivity index (χ3v) is 9.10. The number of carbonyl (C=O) groups is 1. The molecule has 212 valence electrons. The van der Waals surface area contributed by atoms with Crippen molar-refractivity contribution in [3.8, 4) is 17.2 Å². The van der Waals surface area contributed by atoms with Crippen molar-refractivity contribution in [2.75, 3.05) is 27.3 Å². The van der Waals surface area contributed by atoms with Crippen LogP contribution in [0, 0.1) is 3.57 Å². The summed E-state index contributed by atoms with van der Waals surface area (Å²) < 4.78 is 13.8. The molecule has 0 unspecified atom stereocenters. The molecule has 0 spiro atoms. The fourth-order valence-electron chi connectivity index (χ4n) is 5.27. The Balaban J connectivity index is 1.84. The van der Waals surface area contributed by atoms with Gasteiger partial charge in [0.2, 0.25) is 0 Å². The standard InChI is InChI=1S/C31H30IN3O5S/c1-6-34(7-2)30(38)25-17(3)33-31-35(27(25)26-20-11-9-8-10-19(20)12-13-22(26)39-4)29(37)24(41-31)16-18-14-21(32)28(36)23(15-18)40-5/h8-16,27,36H,6-7H2,1-5H3/b24-16+/t27-/m1/s1. The Morgan fingerprint density at radius 3 is 2.51 bits per heavy atom. The van der Waals surface area contributed by atoms with Crippen LogP contribution in [0.3, 0.4) is 0 Å². The second-order valence-corrected chi connectivity index (χ2v) is 11.7. The largest absolute Gasteiger partial charge is 0.504 e. The number of halogens is 1. The number of hydrogen-bond donors (Lipinski definition) is 1. The van der Waals surface area contributed by atoms with E-state index in [-0.39, 0.29) is 17.2 Å². The van der Waals surface area contributed by atoms with Gasteiger partial charge in [-0.25, -0.2) is 4.99 Å². The van der Waals surface area contributed by atoms with Gasteiger partial charge in [0.1, 0.15) is 11.8 Å². The number of nitrogens with zero attached hydrogens (tertiary/aromatic N) is 3. The molecule has 41 heavy (non-hydrogen) atoms. The molecule has 1 N–H and O–H groups in total. The molecule has 1 aliphatic heterocycles. The minimum atomic E-state index is -0.753. The van der Waals surface area contributed by atoms with Crippen LogP contribution in [0.4, 0.5) is 0 Å². The van der Waals surface area contributed by atoms with Crippen molar-refractivity contribution < 1.29 is 19.4 Å². The maximum Gasteiger partial charge on any atom is 0.271 e. The lowest BCUT2D eigenvalue weighted by atomic mass is 9.90. The number of likely N-dealkylation sites (N-methyl/N-ethyl adjacent to an activating group) is 1. The molecule has 0 radical (unpaired) electrons. The first kappa shape index (κ1) is 28.9. The normalized spacial score (nSPS) is 15.1. The zero-order valence-electron chi connectivity index (χ0n) is 23.4. The second-order valence-electron chi connectivity index (χ2n) is 9.52. The maximum atomic E-state index is 14.2. The maximum absolute atomic E-state index is 14.2. The molecule has 0 aliphatic carbocycles. The number of phenolic OH excluding ortho intramolecular Hbond substituents is 1. The average Bonchev–Trinajstić information content (AvgIpc) is 3.27. The van der Waals surface area contributed by atoms with E-state index in [1.807, 2.05) is 79.8 Å². The first-order chi connectivity index (χ1) is 19.7. The van der Waals surface area contributed by atoms with Crippen LogP contribution in [0.5, 0.6) is 17.2 Å². The van der Waals surface area contributed by atoms with Gasteiger partial charge in [0.25, 0.3) is 11.5 Å². The fourth-order valence-corrected chi connectivity index (χ4v) is 6.94. The fraction of sp³-hybridized carbons (Fsp3) is 0.258. The number of allylic oxidation sites excluding steroid dienone is 1. The lowest BCUT2D eigenvalue weighted by Gasteiger charge is -2.30. The molecule has 3 aromatic carbocycles. The number of amides is 1. The summed E-state index contributed by atoms with van der Waals surface area (Å²) in [5, 5.41) is 12.2. The molecule has 1 amide bonds. The van der Waals surface area contributed by atoms with Gasteiger partial charge < -0.3 is 19.5 Å². The first-order valence-corrected chi connectivity index (χ1v) is 15.1. The summed E-state index contributed by atoms with van der Waals surface area (Å²) in [6, 6.07) is 14.5.